The number of hydrogen-bond donors (Lipinski definition) is 2. The number of hydrogen-bond acceptors (Lipinski definition) is 6. The molecule has 1 aromatic heterocycles. The fourth-order valence-electron chi connectivity index (χ4n) is 4.38. The summed E-state index contributed by atoms with van der Waals surface area (Å²) in [5.74, 6) is -0.0795. The van der Waals surface area contributed by atoms with Crippen LogP contribution in [-0.4, -0.2) is 58.2 Å². The van der Waals surface area contributed by atoms with Crippen molar-refractivity contribution in [1.82, 2.24) is 9.27 Å². The molecule has 6 nitrogen and oxygen atoms in total. The second kappa shape index (κ2) is 8.87. The number of piperazine rings is 1. The van der Waals surface area contributed by atoms with Crippen LogP contribution in [0.3, 0.4) is 0 Å². The maximum absolute atomic E-state index is 15.9. The Morgan fingerprint density at radius 2 is 1.88 bits per heavy atom. The number of anilines is 1. The summed E-state index contributed by atoms with van der Waals surface area (Å²) in [6.45, 7) is 5.15. The number of aromatic nitrogens is 1. The minimum absolute atomic E-state index is 0.0329. The number of aliphatic hydroxyl groups excluding tert-OH is 1. The van der Waals surface area contributed by atoms with Crippen molar-refractivity contribution in [3.8, 4) is 16.9 Å². The quantitative estimate of drug-likeness (QED) is 0.396. The molecular formula is C25H21ClFN3O3S. The highest BCUT2D eigenvalue weighted by Gasteiger charge is 2.27. The van der Waals surface area contributed by atoms with Crippen molar-refractivity contribution in [1.29, 1.82) is 0 Å². The van der Waals surface area contributed by atoms with E-state index in [2.05, 4.69) is 11.0 Å². The van der Waals surface area contributed by atoms with Crippen molar-refractivity contribution in [2.45, 2.75) is 0 Å². The van der Waals surface area contributed by atoms with Crippen molar-refractivity contribution in [2.24, 2.45) is 0 Å². The maximum atomic E-state index is 15.9. The Kier molecular flexibility index (Phi) is 5.89. The van der Waals surface area contributed by atoms with Gasteiger partial charge in [0.05, 0.1) is 16.3 Å². The summed E-state index contributed by atoms with van der Waals surface area (Å²) >= 11 is 7.69. The standard InChI is InChI=1S/C25H21ClFN3O3S/c1-14(13-31)25(33)30-8-6-29(7-9-30)24-19-12-20(26)21(22(27)23(19)34-28-24)18-11-16(32)10-15-4-2-3-5-17(15)18/h2-5,10-12,31-32H,1,6-9,13H2. The number of carbonyl (C=O) groups is 1. The SMILES string of the molecule is C=C(CO)C(=O)N1CCN(c2nsc3c(F)c(-c4cc(O)cc5ccccc45)c(Cl)cc23)CC1. The fourth-order valence-corrected chi connectivity index (χ4v) is 5.50. The van der Waals surface area contributed by atoms with Crippen LogP contribution in [-0.2, 0) is 4.79 Å². The van der Waals surface area contributed by atoms with Gasteiger partial charge in [-0.05, 0) is 46.1 Å². The van der Waals surface area contributed by atoms with Crippen molar-refractivity contribution in [3.05, 3.63) is 65.5 Å². The number of benzene rings is 3. The average Bonchev–Trinajstić information content (AvgIpc) is 3.27. The van der Waals surface area contributed by atoms with E-state index in [0.717, 1.165) is 22.3 Å². The molecule has 0 aliphatic carbocycles. The molecule has 0 bridgehead atoms. The average molecular weight is 498 g/mol. The number of phenolic OH excluding ortho intramolecular Hbond substituents is 1. The molecule has 2 heterocycles. The van der Waals surface area contributed by atoms with Gasteiger partial charge in [-0.15, -0.1) is 0 Å². The monoisotopic (exact) mass is 497 g/mol. The third-order valence-electron chi connectivity index (χ3n) is 6.11. The van der Waals surface area contributed by atoms with Crippen LogP contribution in [0.1, 0.15) is 0 Å². The van der Waals surface area contributed by atoms with Gasteiger partial charge in [0, 0.05) is 42.7 Å². The van der Waals surface area contributed by atoms with E-state index < -0.39 is 5.82 Å². The molecule has 4 aromatic rings. The summed E-state index contributed by atoms with van der Waals surface area (Å²) in [6.07, 6.45) is 0. The van der Waals surface area contributed by atoms with Crippen molar-refractivity contribution < 1.29 is 19.4 Å². The van der Waals surface area contributed by atoms with Crippen LogP contribution >= 0.6 is 23.1 Å². The van der Waals surface area contributed by atoms with Crippen LogP contribution in [0.5, 0.6) is 5.75 Å². The summed E-state index contributed by atoms with van der Waals surface area (Å²) in [4.78, 5) is 15.9. The number of rotatable bonds is 4. The smallest absolute Gasteiger partial charge is 0.251 e. The Morgan fingerprint density at radius 3 is 2.62 bits per heavy atom. The molecule has 0 spiro atoms. The summed E-state index contributed by atoms with van der Waals surface area (Å²) in [7, 11) is 0. The molecule has 1 aliphatic heterocycles. The van der Waals surface area contributed by atoms with Crippen LogP contribution in [0, 0.1) is 5.82 Å². The van der Waals surface area contributed by atoms with Crippen LogP contribution in [0.25, 0.3) is 32.0 Å². The Morgan fingerprint density at radius 1 is 1.15 bits per heavy atom. The normalized spacial score (nSPS) is 14.2. The number of fused-ring (bicyclic) bond motifs is 2. The van der Waals surface area contributed by atoms with E-state index in [1.165, 1.54) is 6.07 Å². The van der Waals surface area contributed by atoms with E-state index in [-0.39, 0.29) is 34.4 Å². The first-order chi connectivity index (χ1) is 16.4. The third-order valence-corrected chi connectivity index (χ3v) is 7.26. The van der Waals surface area contributed by atoms with Gasteiger partial charge < -0.3 is 20.0 Å². The summed E-state index contributed by atoms with van der Waals surface area (Å²) in [5.41, 5.74) is 0.911. The second-order valence-corrected chi connectivity index (χ2v) is 9.37. The molecule has 0 atom stereocenters. The second-order valence-electron chi connectivity index (χ2n) is 8.19. The van der Waals surface area contributed by atoms with E-state index in [1.54, 1.807) is 17.0 Å². The summed E-state index contributed by atoms with van der Waals surface area (Å²) in [5, 5.41) is 21.8. The lowest BCUT2D eigenvalue weighted by Gasteiger charge is -2.35. The van der Waals surface area contributed by atoms with Gasteiger partial charge in [0.25, 0.3) is 5.91 Å². The van der Waals surface area contributed by atoms with E-state index >= 15 is 4.39 Å². The van der Waals surface area contributed by atoms with Gasteiger partial charge >= 0.3 is 0 Å². The lowest BCUT2D eigenvalue weighted by atomic mass is 9.96. The van der Waals surface area contributed by atoms with Crippen molar-refractivity contribution in [2.75, 3.05) is 37.7 Å². The molecule has 1 saturated heterocycles. The molecule has 0 saturated carbocycles. The first-order valence-electron chi connectivity index (χ1n) is 10.7. The molecule has 174 valence electrons. The molecule has 3 aromatic carbocycles. The molecule has 2 N–H and O–H groups in total. The third kappa shape index (κ3) is 3.77. The highest BCUT2D eigenvalue weighted by atomic mass is 35.5. The molecule has 0 radical (unpaired) electrons. The molecule has 1 amide bonds. The van der Waals surface area contributed by atoms with Crippen molar-refractivity contribution >= 4 is 55.7 Å². The number of aliphatic hydroxyl groups is 1. The number of aromatic hydroxyl groups is 1. The molecule has 1 aliphatic rings. The first kappa shape index (κ1) is 22.6. The number of halogens is 2. The van der Waals surface area contributed by atoms with Gasteiger partial charge in [0.1, 0.15) is 11.6 Å². The van der Waals surface area contributed by atoms with E-state index in [1.807, 2.05) is 29.2 Å². The Hall–Kier alpha value is -3.20. The lowest BCUT2D eigenvalue weighted by molar-refractivity contribution is -0.127. The highest BCUT2D eigenvalue weighted by Crippen LogP contribution is 2.44. The number of nitrogens with zero attached hydrogens (tertiary/aromatic N) is 3. The molecular weight excluding hydrogens is 477 g/mol. The predicted molar refractivity (Wildman–Crippen MR) is 134 cm³/mol. The minimum atomic E-state index is -0.477. The van der Waals surface area contributed by atoms with Gasteiger partial charge in [-0.2, -0.15) is 4.37 Å². The van der Waals surface area contributed by atoms with Gasteiger partial charge in [0.15, 0.2) is 5.82 Å². The summed E-state index contributed by atoms with van der Waals surface area (Å²) in [6, 6.07) is 12.3. The first-order valence-corrected chi connectivity index (χ1v) is 11.9. The number of phenols is 1. The predicted octanol–water partition coefficient (Wildman–Crippen LogP) is 4.81. The molecule has 9 heteroatoms. The largest absolute Gasteiger partial charge is 0.508 e. The van der Waals surface area contributed by atoms with E-state index in [4.69, 9.17) is 16.7 Å². The van der Waals surface area contributed by atoms with Crippen LogP contribution < -0.4 is 4.90 Å². The zero-order chi connectivity index (χ0) is 24.0. The van der Waals surface area contributed by atoms with E-state index in [0.29, 0.717) is 47.6 Å². The van der Waals surface area contributed by atoms with Crippen LogP contribution in [0.15, 0.2) is 54.6 Å². The van der Waals surface area contributed by atoms with Crippen LogP contribution in [0.2, 0.25) is 5.02 Å². The molecule has 34 heavy (non-hydrogen) atoms. The van der Waals surface area contributed by atoms with Gasteiger partial charge in [-0.3, -0.25) is 4.79 Å². The maximum Gasteiger partial charge on any atom is 0.251 e. The topological polar surface area (TPSA) is 76.9 Å². The Bertz CT molecular complexity index is 1450. The van der Waals surface area contributed by atoms with Gasteiger partial charge in [0.2, 0.25) is 0 Å². The number of amides is 1. The molecule has 1 fully saturated rings. The fraction of sp³-hybridized carbons (Fsp3) is 0.200. The highest BCUT2D eigenvalue weighted by molar-refractivity contribution is 7.13. The molecule has 5 rings (SSSR count). The van der Waals surface area contributed by atoms with Gasteiger partial charge in [-0.1, -0.05) is 42.4 Å². The number of carbonyl (C=O) groups excluding carboxylic acids is 1. The van der Waals surface area contributed by atoms with Crippen molar-refractivity contribution in [3.63, 3.8) is 0 Å². The van der Waals surface area contributed by atoms with Crippen LogP contribution in [0.4, 0.5) is 10.2 Å². The van der Waals surface area contributed by atoms with E-state index in [9.17, 15) is 9.90 Å². The Balaban J connectivity index is 1.52. The summed E-state index contributed by atoms with van der Waals surface area (Å²) < 4.78 is 20.7. The van der Waals surface area contributed by atoms with Gasteiger partial charge in [-0.25, -0.2) is 4.39 Å². The molecule has 0 unspecified atom stereocenters. The zero-order valence-electron chi connectivity index (χ0n) is 18.1. The Labute approximate surface area is 204 Å². The zero-order valence-corrected chi connectivity index (χ0v) is 19.7. The minimum Gasteiger partial charge on any atom is -0.508 e. The lowest BCUT2D eigenvalue weighted by Crippen LogP contribution is -2.49.